The highest BCUT2D eigenvalue weighted by atomic mass is 19.4. The molecule has 3 N–H and O–H groups in total. The molecule has 0 aliphatic heterocycles. The molecule has 0 spiro atoms. The number of carboxylic acid groups (broad SMARTS) is 1. The van der Waals surface area contributed by atoms with Crippen molar-refractivity contribution in [2.24, 2.45) is 5.41 Å². The lowest BCUT2D eigenvalue weighted by Crippen LogP contribution is -2.36. The number of amides is 1. The lowest BCUT2D eigenvalue weighted by Gasteiger charge is -2.28. The van der Waals surface area contributed by atoms with Gasteiger partial charge in [-0.15, -0.1) is 0 Å². The Bertz CT molecular complexity index is 1320. The number of aliphatic hydroxyl groups is 1. The van der Waals surface area contributed by atoms with E-state index < -0.39 is 36.3 Å². The van der Waals surface area contributed by atoms with E-state index in [1.807, 2.05) is 26.0 Å². The van der Waals surface area contributed by atoms with Crippen LogP contribution in [0.25, 0.3) is 11.1 Å². The lowest BCUT2D eigenvalue weighted by atomic mass is 9.86. The van der Waals surface area contributed by atoms with Gasteiger partial charge in [-0.05, 0) is 89.9 Å². The first-order valence-electron chi connectivity index (χ1n) is 12.8. The standard InChI is InChI=1S/C31H34F3NO5/c1-18-14-24(15-19(2)27(18)21-10-12-23(13-11-21)31(32,33)34)40-26(16-30(3,4)5)20-6-8-22(9-7-20)28(37)35-17-25(36)29(38)39/h6-15,25-26,36H,16-17H2,1-5H3,(H,35,37)(H,38,39)/t25-,26?/m1/s1. The minimum Gasteiger partial charge on any atom is -0.486 e. The van der Waals surface area contributed by atoms with Crippen LogP contribution in [0.3, 0.4) is 0 Å². The Morgan fingerprint density at radius 2 is 1.48 bits per heavy atom. The van der Waals surface area contributed by atoms with Gasteiger partial charge in [0.15, 0.2) is 6.10 Å². The highest BCUT2D eigenvalue weighted by Gasteiger charge is 2.30. The molecule has 0 aromatic heterocycles. The monoisotopic (exact) mass is 557 g/mol. The normalized spacial score (nSPS) is 13.4. The van der Waals surface area contributed by atoms with Gasteiger partial charge in [0.2, 0.25) is 0 Å². The van der Waals surface area contributed by atoms with E-state index in [0.29, 0.717) is 23.3 Å². The molecular weight excluding hydrogens is 523 g/mol. The van der Waals surface area contributed by atoms with E-state index in [1.165, 1.54) is 12.1 Å². The first-order valence-corrected chi connectivity index (χ1v) is 12.8. The average molecular weight is 558 g/mol. The molecule has 9 heteroatoms. The van der Waals surface area contributed by atoms with E-state index in [-0.39, 0.29) is 11.5 Å². The molecule has 2 atom stereocenters. The molecule has 214 valence electrons. The van der Waals surface area contributed by atoms with E-state index in [2.05, 4.69) is 26.1 Å². The van der Waals surface area contributed by atoms with Crippen LogP contribution in [-0.4, -0.2) is 34.7 Å². The molecular formula is C31H34F3NO5. The number of halogens is 3. The van der Waals surface area contributed by atoms with Crippen LogP contribution < -0.4 is 10.1 Å². The molecule has 0 fully saturated rings. The number of alkyl halides is 3. The summed E-state index contributed by atoms with van der Waals surface area (Å²) in [4.78, 5) is 23.1. The van der Waals surface area contributed by atoms with Crippen molar-refractivity contribution >= 4 is 11.9 Å². The van der Waals surface area contributed by atoms with Gasteiger partial charge in [-0.25, -0.2) is 4.79 Å². The maximum Gasteiger partial charge on any atom is 0.416 e. The van der Waals surface area contributed by atoms with Gasteiger partial charge in [0.05, 0.1) is 12.1 Å². The van der Waals surface area contributed by atoms with Crippen LogP contribution in [0.5, 0.6) is 5.75 Å². The van der Waals surface area contributed by atoms with Crippen LogP contribution >= 0.6 is 0 Å². The van der Waals surface area contributed by atoms with Crippen LogP contribution in [0.15, 0.2) is 60.7 Å². The molecule has 0 aliphatic carbocycles. The molecule has 0 heterocycles. The number of hydrogen-bond donors (Lipinski definition) is 3. The SMILES string of the molecule is Cc1cc(OC(CC(C)(C)C)c2ccc(C(=O)NC[C@@H](O)C(=O)O)cc2)cc(C)c1-c1ccc(C(F)(F)F)cc1. The number of rotatable bonds is 9. The first-order chi connectivity index (χ1) is 18.5. The van der Waals surface area contributed by atoms with Gasteiger partial charge < -0.3 is 20.3 Å². The molecule has 3 aromatic carbocycles. The third kappa shape index (κ3) is 8.08. The van der Waals surface area contributed by atoms with Crippen molar-refractivity contribution in [1.29, 1.82) is 0 Å². The zero-order chi connectivity index (χ0) is 29.8. The summed E-state index contributed by atoms with van der Waals surface area (Å²) in [5, 5.41) is 20.5. The van der Waals surface area contributed by atoms with Gasteiger partial charge in [0, 0.05) is 5.56 Å². The number of carboxylic acids is 1. The summed E-state index contributed by atoms with van der Waals surface area (Å²) in [6, 6.07) is 15.6. The first kappa shape index (κ1) is 30.7. The van der Waals surface area contributed by atoms with E-state index in [0.717, 1.165) is 34.4 Å². The van der Waals surface area contributed by atoms with Crippen molar-refractivity contribution in [3.8, 4) is 16.9 Å². The number of ether oxygens (including phenoxy) is 1. The van der Waals surface area contributed by atoms with Crippen LogP contribution in [0, 0.1) is 19.3 Å². The van der Waals surface area contributed by atoms with Gasteiger partial charge in [-0.1, -0.05) is 45.0 Å². The predicted octanol–water partition coefficient (Wildman–Crippen LogP) is 6.72. The zero-order valence-corrected chi connectivity index (χ0v) is 23.1. The average Bonchev–Trinajstić information content (AvgIpc) is 2.85. The molecule has 1 amide bonds. The van der Waals surface area contributed by atoms with Gasteiger partial charge in [-0.3, -0.25) is 4.79 Å². The molecule has 3 rings (SSSR count). The highest BCUT2D eigenvalue weighted by Crippen LogP contribution is 2.37. The predicted molar refractivity (Wildman–Crippen MR) is 146 cm³/mol. The fourth-order valence-electron chi connectivity index (χ4n) is 4.45. The Balaban J connectivity index is 1.84. The van der Waals surface area contributed by atoms with Crippen molar-refractivity contribution < 1.29 is 37.7 Å². The van der Waals surface area contributed by atoms with Gasteiger partial charge >= 0.3 is 12.1 Å². The van der Waals surface area contributed by atoms with Crippen molar-refractivity contribution in [2.45, 2.75) is 59.4 Å². The van der Waals surface area contributed by atoms with Crippen molar-refractivity contribution in [3.63, 3.8) is 0 Å². The van der Waals surface area contributed by atoms with Gasteiger partial charge in [0.1, 0.15) is 11.9 Å². The Kier molecular flexibility index (Phi) is 9.30. The van der Waals surface area contributed by atoms with E-state index in [1.54, 1.807) is 24.3 Å². The Morgan fingerprint density at radius 1 is 0.925 bits per heavy atom. The number of aliphatic hydroxyl groups excluding tert-OH is 1. The summed E-state index contributed by atoms with van der Waals surface area (Å²) in [5.74, 6) is -1.31. The quantitative estimate of drug-likeness (QED) is 0.271. The number of carbonyl (C=O) groups is 2. The largest absolute Gasteiger partial charge is 0.486 e. The Hall–Kier alpha value is -3.85. The minimum atomic E-state index is -4.40. The van der Waals surface area contributed by atoms with Crippen molar-refractivity contribution in [1.82, 2.24) is 5.32 Å². The van der Waals surface area contributed by atoms with E-state index in [4.69, 9.17) is 9.84 Å². The number of nitrogens with one attached hydrogen (secondary N) is 1. The number of aryl methyl sites for hydroxylation is 2. The third-order valence-electron chi connectivity index (χ3n) is 6.37. The van der Waals surface area contributed by atoms with Gasteiger partial charge in [-0.2, -0.15) is 13.2 Å². The number of benzene rings is 3. The van der Waals surface area contributed by atoms with E-state index in [9.17, 15) is 27.9 Å². The second-order valence-electron chi connectivity index (χ2n) is 11.1. The second-order valence-corrected chi connectivity index (χ2v) is 11.1. The molecule has 0 saturated heterocycles. The number of hydrogen-bond acceptors (Lipinski definition) is 4. The molecule has 1 unspecified atom stereocenters. The second kappa shape index (κ2) is 12.1. The van der Waals surface area contributed by atoms with Crippen LogP contribution in [0.1, 0.15) is 65.9 Å². The van der Waals surface area contributed by atoms with Crippen LogP contribution in [-0.2, 0) is 11.0 Å². The van der Waals surface area contributed by atoms with Crippen molar-refractivity contribution in [2.75, 3.05) is 6.54 Å². The maximum absolute atomic E-state index is 13.0. The highest BCUT2D eigenvalue weighted by molar-refractivity contribution is 5.94. The molecule has 0 bridgehead atoms. The van der Waals surface area contributed by atoms with Crippen LogP contribution in [0.2, 0.25) is 0 Å². The van der Waals surface area contributed by atoms with Gasteiger partial charge in [0.25, 0.3) is 5.91 Å². The Labute approximate surface area is 231 Å². The number of carbonyl (C=O) groups excluding carboxylic acids is 1. The summed E-state index contributed by atoms with van der Waals surface area (Å²) in [6.45, 7) is 9.63. The topological polar surface area (TPSA) is 95.9 Å². The smallest absolute Gasteiger partial charge is 0.416 e. The summed E-state index contributed by atoms with van der Waals surface area (Å²) >= 11 is 0. The summed E-state index contributed by atoms with van der Waals surface area (Å²) in [6.07, 6.45) is -5.79. The Morgan fingerprint density at radius 3 is 1.95 bits per heavy atom. The summed E-state index contributed by atoms with van der Waals surface area (Å²) in [5.41, 5.74) is 3.60. The minimum absolute atomic E-state index is 0.0993. The third-order valence-corrected chi connectivity index (χ3v) is 6.37. The number of aliphatic carboxylic acids is 1. The summed E-state index contributed by atoms with van der Waals surface area (Å²) in [7, 11) is 0. The van der Waals surface area contributed by atoms with Crippen LogP contribution in [0.4, 0.5) is 13.2 Å². The van der Waals surface area contributed by atoms with E-state index >= 15 is 0 Å². The molecule has 40 heavy (non-hydrogen) atoms. The zero-order valence-electron chi connectivity index (χ0n) is 23.1. The molecule has 0 saturated carbocycles. The molecule has 0 radical (unpaired) electrons. The molecule has 0 aliphatic rings. The lowest BCUT2D eigenvalue weighted by molar-refractivity contribution is -0.146. The summed E-state index contributed by atoms with van der Waals surface area (Å²) < 4.78 is 45.4. The molecule has 3 aromatic rings. The maximum atomic E-state index is 13.0. The fourth-order valence-corrected chi connectivity index (χ4v) is 4.45. The molecule has 6 nitrogen and oxygen atoms in total. The fraction of sp³-hybridized carbons (Fsp3) is 0.355. The van der Waals surface area contributed by atoms with Crippen molar-refractivity contribution in [3.05, 3.63) is 88.5 Å².